The molecule has 0 atom stereocenters. The van der Waals surface area contributed by atoms with Crippen molar-refractivity contribution in [2.75, 3.05) is 11.1 Å². The molecule has 0 heterocycles. The number of hydrogen-bond acceptors (Lipinski definition) is 2. The van der Waals surface area contributed by atoms with Crippen LogP contribution in [0.1, 0.15) is 18.4 Å². The lowest BCUT2D eigenvalue weighted by Crippen LogP contribution is -2.11. The van der Waals surface area contributed by atoms with E-state index in [2.05, 4.69) is 45.5 Å². The van der Waals surface area contributed by atoms with Gasteiger partial charge in [-0.2, -0.15) is 11.8 Å². The number of halogens is 1. The zero-order chi connectivity index (χ0) is 14.9. The smallest absolute Gasteiger partial charge is 0.224 e. The number of carbonyl (C=O) groups excluding carboxylic acids is 1. The summed E-state index contributed by atoms with van der Waals surface area (Å²) >= 11 is 5.26. The average Bonchev–Trinajstić information content (AvgIpc) is 2.48. The van der Waals surface area contributed by atoms with Crippen LogP contribution in [-0.4, -0.2) is 11.7 Å². The van der Waals surface area contributed by atoms with Crippen LogP contribution >= 0.6 is 27.7 Å². The van der Waals surface area contributed by atoms with Crippen molar-refractivity contribution in [3.05, 3.63) is 64.6 Å². The van der Waals surface area contributed by atoms with Gasteiger partial charge in [-0.1, -0.05) is 52.3 Å². The zero-order valence-electron chi connectivity index (χ0n) is 11.7. The second-order valence-corrected chi connectivity index (χ2v) is 6.72. The minimum absolute atomic E-state index is 0.0772. The number of hydrogen-bond donors (Lipinski definition) is 1. The summed E-state index contributed by atoms with van der Waals surface area (Å²) in [5, 5.41) is 2.91. The predicted octanol–water partition coefficient (Wildman–Crippen LogP) is 5.10. The Kier molecular flexibility index (Phi) is 6.83. The Balaban J connectivity index is 1.61. The van der Waals surface area contributed by atoms with Gasteiger partial charge >= 0.3 is 0 Å². The molecule has 110 valence electrons. The highest BCUT2D eigenvalue weighted by Gasteiger charge is 2.02. The maximum absolute atomic E-state index is 11.8. The molecule has 0 saturated carbocycles. The Morgan fingerprint density at radius 3 is 2.67 bits per heavy atom. The van der Waals surface area contributed by atoms with Gasteiger partial charge in [0.15, 0.2) is 0 Å². The fourth-order valence-corrected chi connectivity index (χ4v) is 3.21. The molecule has 2 aromatic rings. The van der Waals surface area contributed by atoms with E-state index in [0.29, 0.717) is 6.42 Å². The second-order valence-electron chi connectivity index (χ2n) is 4.70. The van der Waals surface area contributed by atoms with Crippen LogP contribution in [-0.2, 0) is 10.5 Å². The lowest BCUT2D eigenvalue weighted by atomic mass is 10.2. The lowest BCUT2D eigenvalue weighted by Gasteiger charge is -2.05. The first-order valence-corrected chi connectivity index (χ1v) is 8.86. The summed E-state index contributed by atoms with van der Waals surface area (Å²) in [6, 6.07) is 18.1. The Labute approximate surface area is 138 Å². The predicted molar refractivity (Wildman–Crippen MR) is 94.6 cm³/mol. The van der Waals surface area contributed by atoms with Crippen molar-refractivity contribution in [3.8, 4) is 0 Å². The quantitative estimate of drug-likeness (QED) is 0.693. The standard InChI is InChI=1S/C17H18BrNOS/c18-15-8-4-9-16(12-15)19-17(20)10-5-11-21-13-14-6-2-1-3-7-14/h1-4,6-9,12H,5,10-11,13H2,(H,19,20). The normalized spacial score (nSPS) is 10.3. The molecule has 0 spiro atoms. The first kappa shape index (κ1) is 16.1. The van der Waals surface area contributed by atoms with Crippen molar-refractivity contribution in [2.45, 2.75) is 18.6 Å². The summed E-state index contributed by atoms with van der Waals surface area (Å²) in [6.07, 6.45) is 1.46. The molecule has 0 aromatic heterocycles. The van der Waals surface area contributed by atoms with Crippen LogP contribution in [0.4, 0.5) is 5.69 Å². The average molecular weight is 364 g/mol. The van der Waals surface area contributed by atoms with E-state index in [1.54, 1.807) is 0 Å². The van der Waals surface area contributed by atoms with E-state index in [4.69, 9.17) is 0 Å². The summed E-state index contributed by atoms with van der Waals surface area (Å²) in [7, 11) is 0. The number of thioether (sulfide) groups is 1. The topological polar surface area (TPSA) is 29.1 Å². The van der Waals surface area contributed by atoms with Gasteiger partial charge in [-0.3, -0.25) is 4.79 Å². The minimum Gasteiger partial charge on any atom is -0.326 e. The Morgan fingerprint density at radius 1 is 1.10 bits per heavy atom. The van der Waals surface area contributed by atoms with Crippen LogP contribution in [0.15, 0.2) is 59.1 Å². The molecule has 0 bridgehead atoms. The van der Waals surface area contributed by atoms with Gasteiger partial charge < -0.3 is 5.32 Å². The molecule has 0 fully saturated rings. The third kappa shape index (κ3) is 6.36. The molecular weight excluding hydrogens is 346 g/mol. The highest BCUT2D eigenvalue weighted by Crippen LogP contribution is 2.17. The van der Waals surface area contributed by atoms with Crippen LogP contribution < -0.4 is 5.32 Å². The van der Waals surface area contributed by atoms with Gasteiger partial charge in [0.25, 0.3) is 0 Å². The Bertz CT molecular complexity index is 574. The first-order chi connectivity index (χ1) is 10.2. The summed E-state index contributed by atoms with van der Waals surface area (Å²) in [5.74, 6) is 2.09. The van der Waals surface area contributed by atoms with E-state index in [9.17, 15) is 4.79 Å². The number of benzene rings is 2. The second kappa shape index (κ2) is 8.90. The highest BCUT2D eigenvalue weighted by molar-refractivity contribution is 9.10. The van der Waals surface area contributed by atoms with Crippen LogP contribution in [0.5, 0.6) is 0 Å². The Morgan fingerprint density at radius 2 is 1.90 bits per heavy atom. The van der Waals surface area contributed by atoms with Crippen LogP contribution in [0.2, 0.25) is 0 Å². The van der Waals surface area contributed by atoms with Crippen LogP contribution in [0, 0.1) is 0 Å². The van der Waals surface area contributed by atoms with Crippen molar-refractivity contribution in [1.29, 1.82) is 0 Å². The van der Waals surface area contributed by atoms with E-state index in [-0.39, 0.29) is 5.91 Å². The van der Waals surface area contributed by atoms with Crippen molar-refractivity contribution in [1.82, 2.24) is 0 Å². The van der Waals surface area contributed by atoms with E-state index in [0.717, 1.165) is 28.1 Å². The fourth-order valence-electron chi connectivity index (χ4n) is 1.89. The molecule has 0 unspecified atom stereocenters. The molecular formula is C17H18BrNOS. The molecule has 0 saturated heterocycles. The first-order valence-electron chi connectivity index (χ1n) is 6.91. The number of carbonyl (C=O) groups is 1. The molecule has 21 heavy (non-hydrogen) atoms. The lowest BCUT2D eigenvalue weighted by molar-refractivity contribution is -0.116. The molecule has 0 aliphatic heterocycles. The van der Waals surface area contributed by atoms with Crippen molar-refractivity contribution in [3.63, 3.8) is 0 Å². The molecule has 2 nitrogen and oxygen atoms in total. The van der Waals surface area contributed by atoms with E-state index >= 15 is 0 Å². The minimum atomic E-state index is 0.0772. The van der Waals surface area contributed by atoms with E-state index in [1.807, 2.05) is 42.1 Å². The molecule has 1 amide bonds. The molecule has 0 aliphatic rings. The monoisotopic (exact) mass is 363 g/mol. The highest BCUT2D eigenvalue weighted by atomic mass is 79.9. The summed E-state index contributed by atoms with van der Waals surface area (Å²) in [4.78, 5) is 11.8. The van der Waals surface area contributed by atoms with Gasteiger partial charge in [0.1, 0.15) is 0 Å². The molecule has 0 radical (unpaired) electrons. The zero-order valence-corrected chi connectivity index (χ0v) is 14.1. The SMILES string of the molecule is O=C(CCCSCc1ccccc1)Nc1cccc(Br)c1. The van der Waals surface area contributed by atoms with Crippen LogP contribution in [0.3, 0.4) is 0 Å². The molecule has 1 N–H and O–H groups in total. The number of nitrogens with one attached hydrogen (secondary N) is 1. The van der Waals surface area contributed by atoms with Crippen molar-refractivity contribution >= 4 is 39.3 Å². The number of amides is 1. The third-order valence-corrected chi connectivity index (χ3v) is 4.52. The maximum atomic E-state index is 11.8. The van der Waals surface area contributed by atoms with Crippen molar-refractivity contribution < 1.29 is 4.79 Å². The van der Waals surface area contributed by atoms with E-state index in [1.165, 1.54) is 5.56 Å². The fraction of sp³-hybridized carbons (Fsp3) is 0.235. The third-order valence-electron chi connectivity index (χ3n) is 2.91. The summed E-state index contributed by atoms with van der Waals surface area (Å²) in [5.41, 5.74) is 2.17. The molecule has 2 aromatic carbocycles. The van der Waals surface area contributed by atoms with Crippen molar-refractivity contribution in [2.24, 2.45) is 0 Å². The van der Waals surface area contributed by atoms with Crippen LogP contribution in [0.25, 0.3) is 0 Å². The number of rotatable bonds is 7. The summed E-state index contributed by atoms with van der Waals surface area (Å²) < 4.78 is 0.971. The summed E-state index contributed by atoms with van der Waals surface area (Å²) in [6.45, 7) is 0. The largest absolute Gasteiger partial charge is 0.326 e. The van der Waals surface area contributed by atoms with Gasteiger partial charge in [-0.05, 0) is 35.9 Å². The van der Waals surface area contributed by atoms with Gasteiger partial charge in [0.05, 0.1) is 0 Å². The maximum Gasteiger partial charge on any atom is 0.224 e. The Hall–Kier alpha value is -1.26. The number of anilines is 1. The van der Waals surface area contributed by atoms with Gasteiger partial charge in [-0.15, -0.1) is 0 Å². The molecule has 2 rings (SSSR count). The van der Waals surface area contributed by atoms with Gasteiger partial charge in [0.2, 0.25) is 5.91 Å². The van der Waals surface area contributed by atoms with Gasteiger partial charge in [-0.25, -0.2) is 0 Å². The van der Waals surface area contributed by atoms with E-state index < -0.39 is 0 Å². The van der Waals surface area contributed by atoms with Gasteiger partial charge in [0, 0.05) is 22.3 Å². The molecule has 0 aliphatic carbocycles. The molecule has 4 heteroatoms.